The summed E-state index contributed by atoms with van der Waals surface area (Å²) in [5.41, 5.74) is 0.500. The molecule has 4 amide bonds. The number of anilines is 1. The van der Waals surface area contributed by atoms with Crippen molar-refractivity contribution in [3.05, 3.63) is 58.6 Å². The van der Waals surface area contributed by atoms with Crippen molar-refractivity contribution in [2.75, 3.05) is 24.9 Å². The third-order valence-corrected chi connectivity index (χ3v) is 5.42. The molecule has 4 rings (SSSR count). The number of hydrogen-bond acceptors (Lipinski definition) is 7. The minimum absolute atomic E-state index is 0.0469. The molecule has 170 valence electrons. The lowest BCUT2D eigenvalue weighted by Crippen LogP contribution is -2.54. The zero-order chi connectivity index (χ0) is 23.5. The Morgan fingerprint density at radius 3 is 2.64 bits per heavy atom. The monoisotopic (exact) mass is 514 g/mol. The predicted octanol–water partition coefficient (Wildman–Crippen LogP) is 3.81. The van der Waals surface area contributed by atoms with Gasteiger partial charge in [0.05, 0.1) is 12.3 Å². The number of imide groups is 2. The highest BCUT2D eigenvalue weighted by molar-refractivity contribution is 9.10. The van der Waals surface area contributed by atoms with Gasteiger partial charge in [-0.1, -0.05) is 28.6 Å². The third kappa shape index (κ3) is 4.42. The van der Waals surface area contributed by atoms with Crippen LogP contribution in [0, 0.1) is 0 Å². The SMILES string of the molecule is C=CCOc1cc(Br)c(/C=C2\C(=O)NC(=O)N(c3ccc4c(c3)OCO4)C2=O)cc1OCC. The highest BCUT2D eigenvalue weighted by Gasteiger charge is 2.37. The van der Waals surface area contributed by atoms with Gasteiger partial charge in [0.1, 0.15) is 12.2 Å². The van der Waals surface area contributed by atoms with E-state index in [1.165, 1.54) is 18.2 Å². The lowest BCUT2D eigenvalue weighted by Gasteiger charge is -2.26. The van der Waals surface area contributed by atoms with Crippen LogP contribution in [0.4, 0.5) is 10.5 Å². The maximum Gasteiger partial charge on any atom is 0.335 e. The second-order valence-electron chi connectivity index (χ2n) is 6.85. The molecule has 0 bridgehead atoms. The summed E-state index contributed by atoms with van der Waals surface area (Å²) in [5.74, 6) is 0.221. The van der Waals surface area contributed by atoms with Crippen LogP contribution in [0.3, 0.4) is 0 Å². The van der Waals surface area contributed by atoms with Crippen LogP contribution in [0.25, 0.3) is 6.08 Å². The van der Waals surface area contributed by atoms with E-state index in [4.69, 9.17) is 18.9 Å². The van der Waals surface area contributed by atoms with E-state index in [0.29, 0.717) is 39.6 Å². The summed E-state index contributed by atoms with van der Waals surface area (Å²) < 4.78 is 22.4. The van der Waals surface area contributed by atoms with Gasteiger partial charge < -0.3 is 18.9 Å². The average Bonchev–Trinajstić information content (AvgIpc) is 3.25. The fourth-order valence-corrected chi connectivity index (χ4v) is 3.70. The number of carbonyl (C=O) groups is 3. The molecule has 1 saturated heterocycles. The first-order valence-electron chi connectivity index (χ1n) is 9.94. The van der Waals surface area contributed by atoms with E-state index in [1.54, 1.807) is 24.3 Å². The minimum atomic E-state index is -0.858. The maximum atomic E-state index is 13.2. The summed E-state index contributed by atoms with van der Waals surface area (Å²) in [6, 6.07) is 7.08. The number of carbonyl (C=O) groups excluding carboxylic acids is 3. The van der Waals surface area contributed by atoms with E-state index in [9.17, 15) is 14.4 Å². The zero-order valence-corrected chi connectivity index (χ0v) is 19.1. The van der Waals surface area contributed by atoms with E-state index in [-0.39, 0.29) is 24.7 Å². The molecule has 0 radical (unpaired) electrons. The molecule has 0 spiro atoms. The fourth-order valence-electron chi connectivity index (χ4n) is 3.26. The zero-order valence-electron chi connectivity index (χ0n) is 17.6. The number of hydrogen-bond donors (Lipinski definition) is 1. The van der Waals surface area contributed by atoms with E-state index >= 15 is 0 Å². The smallest absolute Gasteiger partial charge is 0.335 e. The fraction of sp³-hybridized carbons (Fsp3) is 0.174. The molecule has 1 N–H and O–H groups in total. The molecule has 0 aliphatic carbocycles. The van der Waals surface area contributed by atoms with Gasteiger partial charge in [0.15, 0.2) is 23.0 Å². The van der Waals surface area contributed by atoms with E-state index in [2.05, 4.69) is 27.8 Å². The van der Waals surface area contributed by atoms with Crippen molar-refractivity contribution in [3.8, 4) is 23.0 Å². The van der Waals surface area contributed by atoms with Crippen molar-refractivity contribution >= 4 is 45.5 Å². The molecule has 9 nitrogen and oxygen atoms in total. The number of barbiturate groups is 1. The molecule has 0 aromatic heterocycles. The lowest BCUT2D eigenvalue weighted by molar-refractivity contribution is -0.122. The summed E-state index contributed by atoms with van der Waals surface area (Å²) in [7, 11) is 0. The van der Waals surface area contributed by atoms with Crippen LogP contribution in [0.5, 0.6) is 23.0 Å². The number of nitrogens with zero attached hydrogens (tertiary/aromatic N) is 1. The molecule has 2 aliphatic rings. The summed E-state index contributed by atoms with van der Waals surface area (Å²) >= 11 is 3.44. The topological polar surface area (TPSA) is 103 Å². The largest absolute Gasteiger partial charge is 0.490 e. The van der Waals surface area contributed by atoms with Crippen molar-refractivity contribution in [2.45, 2.75) is 6.92 Å². The van der Waals surface area contributed by atoms with Gasteiger partial charge in [0.25, 0.3) is 11.8 Å². The normalized spacial score (nSPS) is 16.1. The molecular formula is C23H19BrN2O7. The van der Waals surface area contributed by atoms with Crippen LogP contribution in [0.1, 0.15) is 12.5 Å². The number of amides is 4. The summed E-state index contributed by atoms with van der Waals surface area (Å²) in [6.45, 7) is 6.16. The third-order valence-electron chi connectivity index (χ3n) is 4.74. The molecule has 2 aromatic rings. The Kier molecular flexibility index (Phi) is 6.36. The van der Waals surface area contributed by atoms with Gasteiger partial charge in [-0.2, -0.15) is 0 Å². The van der Waals surface area contributed by atoms with Crippen LogP contribution < -0.4 is 29.2 Å². The first-order chi connectivity index (χ1) is 15.9. The minimum Gasteiger partial charge on any atom is -0.490 e. The quantitative estimate of drug-likeness (QED) is 0.340. The van der Waals surface area contributed by atoms with Crippen molar-refractivity contribution in [2.24, 2.45) is 0 Å². The molecule has 2 aromatic carbocycles. The van der Waals surface area contributed by atoms with Gasteiger partial charge in [0, 0.05) is 10.5 Å². The number of rotatable bonds is 7. The summed E-state index contributed by atoms with van der Waals surface area (Å²) in [6.07, 6.45) is 2.99. The summed E-state index contributed by atoms with van der Waals surface area (Å²) in [5, 5.41) is 2.20. The number of urea groups is 1. The van der Waals surface area contributed by atoms with Gasteiger partial charge in [-0.3, -0.25) is 14.9 Å². The highest BCUT2D eigenvalue weighted by Crippen LogP contribution is 2.38. The van der Waals surface area contributed by atoms with Gasteiger partial charge in [-0.05, 0) is 42.8 Å². The molecule has 10 heteroatoms. The van der Waals surface area contributed by atoms with Crippen molar-refractivity contribution in [3.63, 3.8) is 0 Å². The van der Waals surface area contributed by atoms with Gasteiger partial charge in [-0.25, -0.2) is 9.69 Å². The Morgan fingerprint density at radius 1 is 1.12 bits per heavy atom. The second kappa shape index (κ2) is 9.37. The summed E-state index contributed by atoms with van der Waals surface area (Å²) in [4.78, 5) is 39.1. The van der Waals surface area contributed by atoms with Crippen LogP contribution >= 0.6 is 15.9 Å². The average molecular weight is 515 g/mol. The molecule has 0 saturated carbocycles. The maximum absolute atomic E-state index is 13.2. The van der Waals surface area contributed by atoms with Gasteiger partial charge in [-0.15, -0.1) is 0 Å². The number of halogens is 1. The van der Waals surface area contributed by atoms with Gasteiger partial charge in [0.2, 0.25) is 6.79 Å². The van der Waals surface area contributed by atoms with E-state index < -0.39 is 17.8 Å². The molecule has 0 unspecified atom stereocenters. The van der Waals surface area contributed by atoms with Crippen LogP contribution in [0.15, 0.2) is 53.0 Å². The van der Waals surface area contributed by atoms with E-state index in [0.717, 1.165) is 4.90 Å². The lowest BCUT2D eigenvalue weighted by atomic mass is 10.1. The number of ether oxygens (including phenoxy) is 4. The van der Waals surface area contributed by atoms with Crippen LogP contribution in [0.2, 0.25) is 0 Å². The molecule has 0 atom stereocenters. The molecule has 2 aliphatic heterocycles. The van der Waals surface area contributed by atoms with Crippen LogP contribution in [-0.2, 0) is 9.59 Å². The predicted molar refractivity (Wildman–Crippen MR) is 123 cm³/mol. The number of nitrogens with one attached hydrogen (secondary N) is 1. The second-order valence-corrected chi connectivity index (χ2v) is 7.70. The highest BCUT2D eigenvalue weighted by atomic mass is 79.9. The van der Waals surface area contributed by atoms with Crippen molar-refractivity contribution in [1.82, 2.24) is 5.32 Å². The standard InChI is InChI=1S/C23H19BrN2O7/c1-3-7-31-20-11-16(24)13(9-18(20)30-4-2)8-15-21(27)25-23(29)26(22(15)28)14-5-6-17-19(10-14)33-12-32-17/h3,5-6,8-11H,1,4,7,12H2,2H3,(H,25,27,29)/b15-8+. The van der Waals surface area contributed by atoms with Crippen molar-refractivity contribution in [1.29, 1.82) is 0 Å². The molecule has 1 fully saturated rings. The number of benzene rings is 2. The molecule has 33 heavy (non-hydrogen) atoms. The van der Waals surface area contributed by atoms with Gasteiger partial charge >= 0.3 is 6.03 Å². The van der Waals surface area contributed by atoms with Crippen LogP contribution in [-0.4, -0.2) is 37.9 Å². The van der Waals surface area contributed by atoms with Crippen molar-refractivity contribution < 1.29 is 33.3 Å². The Morgan fingerprint density at radius 2 is 1.88 bits per heavy atom. The van der Waals surface area contributed by atoms with E-state index in [1.807, 2.05) is 6.92 Å². The first-order valence-corrected chi connectivity index (χ1v) is 10.7. The Bertz CT molecular complexity index is 1190. The molecular weight excluding hydrogens is 496 g/mol. The Labute approximate surface area is 197 Å². The Hall–Kier alpha value is -3.79. The first kappa shape index (κ1) is 22.4. The number of fused-ring (bicyclic) bond motifs is 1. The molecule has 2 heterocycles. The Balaban J connectivity index is 1.71.